The zero-order valence-corrected chi connectivity index (χ0v) is 10.2. The standard InChI is InChI=1S/C13H17N3O/c1-3-12-11(8-14)13(17)16(15-12)10-6-4-5-9(2)7-10/h4-7,15H,3,8,14H2,1-2H3. The molecule has 4 nitrogen and oxygen atoms in total. The number of hydrogen-bond donors (Lipinski definition) is 2. The Hall–Kier alpha value is -1.81. The number of nitrogens with one attached hydrogen (secondary N) is 1. The van der Waals surface area contributed by atoms with E-state index in [2.05, 4.69) is 5.10 Å². The highest BCUT2D eigenvalue weighted by molar-refractivity contribution is 5.36. The van der Waals surface area contributed by atoms with Crippen molar-refractivity contribution < 1.29 is 0 Å². The first-order valence-electron chi connectivity index (χ1n) is 5.77. The van der Waals surface area contributed by atoms with E-state index in [4.69, 9.17) is 5.73 Å². The highest BCUT2D eigenvalue weighted by Crippen LogP contribution is 2.09. The second kappa shape index (κ2) is 4.59. The van der Waals surface area contributed by atoms with Crippen LogP contribution in [0.1, 0.15) is 23.7 Å². The Morgan fingerprint density at radius 3 is 2.71 bits per heavy atom. The van der Waals surface area contributed by atoms with Crippen LogP contribution in [0.2, 0.25) is 0 Å². The van der Waals surface area contributed by atoms with Gasteiger partial charge in [-0.2, -0.15) is 0 Å². The van der Waals surface area contributed by atoms with Crippen LogP contribution < -0.4 is 11.3 Å². The van der Waals surface area contributed by atoms with Crippen LogP contribution >= 0.6 is 0 Å². The third-order valence-electron chi connectivity index (χ3n) is 2.89. The average molecular weight is 231 g/mol. The number of hydrogen-bond acceptors (Lipinski definition) is 2. The summed E-state index contributed by atoms with van der Waals surface area (Å²) in [5, 5.41) is 3.12. The zero-order chi connectivity index (χ0) is 12.4. The lowest BCUT2D eigenvalue weighted by atomic mass is 10.2. The van der Waals surface area contributed by atoms with Crippen molar-refractivity contribution >= 4 is 0 Å². The topological polar surface area (TPSA) is 63.8 Å². The van der Waals surface area contributed by atoms with E-state index in [9.17, 15) is 4.79 Å². The Labute approximate surface area is 100 Å². The molecular formula is C13H17N3O. The molecule has 0 spiro atoms. The van der Waals surface area contributed by atoms with Gasteiger partial charge in [0.1, 0.15) is 0 Å². The van der Waals surface area contributed by atoms with Crippen LogP contribution in [0.25, 0.3) is 5.69 Å². The van der Waals surface area contributed by atoms with Crippen molar-refractivity contribution in [3.63, 3.8) is 0 Å². The normalized spacial score (nSPS) is 10.8. The van der Waals surface area contributed by atoms with Crippen LogP contribution in [0, 0.1) is 6.92 Å². The van der Waals surface area contributed by atoms with Crippen LogP contribution in [0.5, 0.6) is 0 Å². The number of H-pyrrole nitrogens is 1. The molecule has 0 aliphatic heterocycles. The predicted octanol–water partition coefficient (Wildman–Crippen LogP) is 1.50. The molecule has 0 aliphatic rings. The summed E-state index contributed by atoms with van der Waals surface area (Å²) in [6.45, 7) is 4.28. The molecule has 0 unspecified atom stereocenters. The molecule has 0 amide bonds. The van der Waals surface area contributed by atoms with Crippen LogP contribution in [-0.2, 0) is 13.0 Å². The molecule has 0 saturated heterocycles. The smallest absolute Gasteiger partial charge is 0.275 e. The van der Waals surface area contributed by atoms with Gasteiger partial charge < -0.3 is 5.73 Å². The van der Waals surface area contributed by atoms with Gasteiger partial charge in [-0.1, -0.05) is 19.1 Å². The van der Waals surface area contributed by atoms with Crippen LogP contribution in [0.15, 0.2) is 29.1 Å². The Bertz CT molecular complexity index is 581. The quantitative estimate of drug-likeness (QED) is 0.840. The van der Waals surface area contributed by atoms with E-state index < -0.39 is 0 Å². The molecule has 2 rings (SSSR count). The first-order chi connectivity index (χ1) is 8.17. The second-order valence-electron chi connectivity index (χ2n) is 4.11. The zero-order valence-electron chi connectivity index (χ0n) is 10.2. The first kappa shape index (κ1) is 11.7. The fourth-order valence-corrected chi connectivity index (χ4v) is 1.97. The number of benzene rings is 1. The molecule has 3 N–H and O–H groups in total. The SMILES string of the molecule is CCc1[nH]n(-c2cccc(C)c2)c(=O)c1CN. The number of nitrogens with zero attached hydrogens (tertiary/aromatic N) is 1. The number of rotatable bonds is 3. The molecule has 17 heavy (non-hydrogen) atoms. The molecule has 1 aromatic carbocycles. The lowest BCUT2D eigenvalue weighted by Gasteiger charge is -2.02. The highest BCUT2D eigenvalue weighted by Gasteiger charge is 2.12. The van der Waals surface area contributed by atoms with E-state index in [-0.39, 0.29) is 12.1 Å². The molecule has 2 aromatic rings. The first-order valence-corrected chi connectivity index (χ1v) is 5.77. The van der Waals surface area contributed by atoms with Crippen molar-refractivity contribution in [1.29, 1.82) is 0 Å². The molecule has 90 valence electrons. The van der Waals surface area contributed by atoms with Crippen molar-refractivity contribution in [3.05, 3.63) is 51.4 Å². The molecule has 1 aromatic heterocycles. The third kappa shape index (κ3) is 2.03. The lowest BCUT2D eigenvalue weighted by molar-refractivity contribution is 0.818. The summed E-state index contributed by atoms with van der Waals surface area (Å²) in [6, 6.07) is 7.82. The van der Waals surface area contributed by atoms with Gasteiger partial charge >= 0.3 is 0 Å². The van der Waals surface area contributed by atoms with Gasteiger partial charge in [0.2, 0.25) is 0 Å². The molecular weight excluding hydrogens is 214 g/mol. The number of aryl methyl sites for hydroxylation is 2. The van der Waals surface area contributed by atoms with Gasteiger partial charge in [0.15, 0.2) is 0 Å². The van der Waals surface area contributed by atoms with Crippen molar-refractivity contribution in [1.82, 2.24) is 9.78 Å². The van der Waals surface area contributed by atoms with Gasteiger partial charge in [-0.15, -0.1) is 0 Å². The second-order valence-corrected chi connectivity index (χ2v) is 4.11. The number of aromatic nitrogens is 2. The summed E-state index contributed by atoms with van der Waals surface area (Å²) in [5.41, 5.74) is 9.13. The summed E-state index contributed by atoms with van der Waals surface area (Å²) in [6.07, 6.45) is 0.778. The van der Waals surface area contributed by atoms with Crippen molar-refractivity contribution in [3.8, 4) is 5.69 Å². The Balaban J connectivity index is 2.61. The maximum Gasteiger partial charge on any atom is 0.275 e. The fourth-order valence-electron chi connectivity index (χ4n) is 1.97. The molecule has 0 bridgehead atoms. The van der Waals surface area contributed by atoms with E-state index in [0.717, 1.165) is 23.4 Å². The summed E-state index contributed by atoms with van der Waals surface area (Å²) < 4.78 is 1.56. The average Bonchev–Trinajstić information content (AvgIpc) is 2.65. The lowest BCUT2D eigenvalue weighted by Crippen LogP contribution is -2.19. The number of nitrogens with two attached hydrogens (primary N) is 1. The van der Waals surface area contributed by atoms with E-state index >= 15 is 0 Å². The van der Waals surface area contributed by atoms with Crippen LogP contribution in [-0.4, -0.2) is 9.78 Å². The van der Waals surface area contributed by atoms with Gasteiger partial charge in [0, 0.05) is 12.2 Å². The monoisotopic (exact) mass is 231 g/mol. The van der Waals surface area contributed by atoms with Gasteiger partial charge in [-0.05, 0) is 31.0 Å². The minimum Gasteiger partial charge on any atom is -0.326 e. The van der Waals surface area contributed by atoms with Crippen molar-refractivity contribution in [2.45, 2.75) is 26.8 Å². The predicted molar refractivity (Wildman–Crippen MR) is 68.4 cm³/mol. The molecule has 0 saturated carbocycles. The van der Waals surface area contributed by atoms with Gasteiger partial charge in [-0.25, -0.2) is 4.68 Å². The minimum absolute atomic E-state index is 0.0463. The molecule has 1 heterocycles. The Morgan fingerprint density at radius 2 is 2.18 bits per heavy atom. The van der Waals surface area contributed by atoms with E-state index in [1.807, 2.05) is 38.1 Å². The Morgan fingerprint density at radius 1 is 1.41 bits per heavy atom. The van der Waals surface area contributed by atoms with Crippen molar-refractivity contribution in [2.24, 2.45) is 5.73 Å². The summed E-state index contributed by atoms with van der Waals surface area (Å²) in [4.78, 5) is 12.1. The van der Waals surface area contributed by atoms with Gasteiger partial charge in [-0.3, -0.25) is 9.89 Å². The van der Waals surface area contributed by atoms with Gasteiger partial charge in [0.05, 0.1) is 11.3 Å². The molecule has 0 aliphatic carbocycles. The maximum absolute atomic E-state index is 12.1. The fraction of sp³-hybridized carbons (Fsp3) is 0.308. The van der Waals surface area contributed by atoms with Crippen LogP contribution in [0.4, 0.5) is 0 Å². The number of aromatic amines is 1. The molecule has 0 fully saturated rings. The van der Waals surface area contributed by atoms with E-state index in [1.165, 1.54) is 0 Å². The van der Waals surface area contributed by atoms with Crippen LogP contribution in [0.3, 0.4) is 0 Å². The van der Waals surface area contributed by atoms with Gasteiger partial charge in [0.25, 0.3) is 5.56 Å². The maximum atomic E-state index is 12.1. The highest BCUT2D eigenvalue weighted by atomic mass is 16.1. The Kier molecular flexibility index (Phi) is 3.15. The largest absolute Gasteiger partial charge is 0.326 e. The molecule has 0 atom stereocenters. The summed E-state index contributed by atoms with van der Waals surface area (Å²) in [5.74, 6) is 0. The molecule has 4 heteroatoms. The summed E-state index contributed by atoms with van der Waals surface area (Å²) >= 11 is 0. The van der Waals surface area contributed by atoms with E-state index in [1.54, 1.807) is 4.68 Å². The summed E-state index contributed by atoms with van der Waals surface area (Å²) in [7, 11) is 0. The molecule has 0 radical (unpaired) electrons. The minimum atomic E-state index is -0.0463. The third-order valence-corrected chi connectivity index (χ3v) is 2.89. The van der Waals surface area contributed by atoms with E-state index in [0.29, 0.717) is 5.56 Å². The van der Waals surface area contributed by atoms with Crippen molar-refractivity contribution in [2.75, 3.05) is 0 Å².